The third kappa shape index (κ3) is 3.80. The number of thiazole rings is 1. The zero-order valence-electron chi connectivity index (χ0n) is 15.2. The fraction of sp³-hybridized carbons (Fsp3) is 0.556. The van der Waals surface area contributed by atoms with Gasteiger partial charge in [0.25, 0.3) is 0 Å². The van der Waals surface area contributed by atoms with Gasteiger partial charge in [0.2, 0.25) is 0 Å². The van der Waals surface area contributed by atoms with Crippen molar-refractivity contribution in [2.75, 3.05) is 23.3 Å². The molecule has 1 N–H and O–H groups in total. The lowest BCUT2D eigenvalue weighted by Gasteiger charge is -2.39. The van der Waals surface area contributed by atoms with Crippen LogP contribution >= 0.6 is 11.3 Å². The number of hydrogen-bond acceptors (Lipinski definition) is 6. The number of hydrogen-bond donors (Lipinski definition) is 1. The summed E-state index contributed by atoms with van der Waals surface area (Å²) in [4.78, 5) is 30.9. The molecule has 2 aliphatic rings. The topological polar surface area (TPSA) is 74.2 Å². The molecule has 0 atom stereocenters. The maximum absolute atomic E-state index is 12.5. The molecule has 1 aliphatic heterocycles. The van der Waals surface area contributed by atoms with Gasteiger partial charge in [-0.1, -0.05) is 0 Å². The molecule has 1 aliphatic carbocycles. The Morgan fingerprint density at radius 2 is 1.88 bits per heavy atom. The van der Waals surface area contributed by atoms with Crippen molar-refractivity contribution in [1.29, 1.82) is 0 Å². The highest BCUT2D eigenvalue weighted by atomic mass is 32.1. The van der Waals surface area contributed by atoms with E-state index in [0.29, 0.717) is 17.2 Å². The third-order valence-electron chi connectivity index (χ3n) is 4.97. The molecule has 0 radical (unpaired) electrons. The summed E-state index contributed by atoms with van der Waals surface area (Å²) in [5, 5.41) is 3.58. The van der Waals surface area contributed by atoms with Crippen LogP contribution in [0.25, 0.3) is 0 Å². The molecule has 2 aromatic heterocycles. The molecule has 2 amide bonds. The summed E-state index contributed by atoms with van der Waals surface area (Å²) >= 11 is 1.50. The highest BCUT2D eigenvalue weighted by molar-refractivity contribution is 7.15. The average molecular weight is 372 g/mol. The number of carbonyl (C=O) groups is 1. The summed E-state index contributed by atoms with van der Waals surface area (Å²) < 4.78 is 0. The number of nitrogens with zero attached hydrogens (tertiary/aromatic N) is 5. The number of nitrogens with one attached hydrogen (secondary N) is 1. The molecule has 1 saturated carbocycles. The first kappa shape index (κ1) is 17.2. The molecule has 3 heterocycles. The first-order valence-corrected chi connectivity index (χ1v) is 9.97. The standard InChI is InChI=1S/C18H24N6OS/c1-12-9-16(21-11-20-12)24(14-3-4-14)15-5-7-23(8-6-15)18(25)22-17-19-10-13(2)26-17/h9-11,14-15H,3-8H2,1-2H3,(H,19,22,25). The van der Waals surface area contributed by atoms with Crippen LogP contribution in [0.2, 0.25) is 0 Å². The molecule has 7 nitrogen and oxygen atoms in total. The molecular weight excluding hydrogens is 348 g/mol. The van der Waals surface area contributed by atoms with Crippen LogP contribution in [0.4, 0.5) is 15.7 Å². The van der Waals surface area contributed by atoms with E-state index in [1.165, 1.54) is 24.2 Å². The second-order valence-electron chi connectivity index (χ2n) is 7.08. The maximum Gasteiger partial charge on any atom is 0.323 e. The molecule has 138 valence electrons. The summed E-state index contributed by atoms with van der Waals surface area (Å²) in [6.07, 6.45) is 7.82. The third-order valence-corrected chi connectivity index (χ3v) is 5.80. The van der Waals surface area contributed by atoms with E-state index in [0.717, 1.165) is 42.3 Å². The van der Waals surface area contributed by atoms with Crippen LogP contribution in [0.5, 0.6) is 0 Å². The lowest BCUT2D eigenvalue weighted by molar-refractivity contribution is 0.193. The molecule has 26 heavy (non-hydrogen) atoms. The average Bonchev–Trinajstić information content (AvgIpc) is 3.37. The van der Waals surface area contributed by atoms with Crippen molar-refractivity contribution in [2.24, 2.45) is 0 Å². The zero-order chi connectivity index (χ0) is 18.1. The Morgan fingerprint density at radius 1 is 1.15 bits per heavy atom. The molecule has 8 heteroatoms. The fourth-order valence-corrected chi connectivity index (χ4v) is 4.19. The highest BCUT2D eigenvalue weighted by Gasteiger charge is 2.37. The normalized spacial score (nSPS) is 18.0. The Balaban J connectivity index is 1.38. The van der Waals surface area contributed by atoms with Crippen molar-refractivity contribution < 1.29 is 4.79 Å². The number of carbonyl (C=O) groups excluding carboxylic acids is 1. The van der Waals surface area contributed by atoms with Gasteiger partial charge < -0.3 is 9.80 Å². The van der Waals surface area contributed by atoms with Crippen LogP contribution in [0.15, 0.2) is 18.6 Å². The van der Waals surface area contributed by atoms with Gasteiger partial charge in [0.05, 0.1) is 0 Å². The van der Waals surface area contributed by atoms with Gasteiger partial charge in [-0.05, 0) is 39.5 Å². The smallest absolute Gasteiger partial charge is 0.323 e. The highest BCUT2D eigenvalue weighted by Crippen LogP contribution is 2.35. The molecule has 4 rings (SSSR count). The number of aryl methyl sites for hydroxylation is 2. The van der Waals surface area contributed by atoms with E-state index in [2.05, 4.69) is 31.2 Å². The Hall–Kier alpha value is -2.22. The predicted molar refractivity (Wildman–Crippen MR) is 103 cm³/mol. The SMILES string of the molecule is Cc1cc(N(C2CC2)C2CCN(C(=O)Nc3ncc(C)s3)CC2)ncn1. The number of anilines is 2. The second kappa shape index (κ2) is 7.19. The summed E-state index contributed by atoms with van der Waals surface area (Å²) in [5.41, 5.74) is 0.996. The predicted octanol–water partition coefficient (Wildman–Crippen LogP) is 3.22. The van der Waals surface area contributed by atoms with Gasteiger partial charge in [0.1, 0.15) is 12.1 Å². The number of aromatic nitrogens is 3. The Morgan fingerprint density at radius 3 is 2.50 bits per heavy atom. The van der Waals surface area contributed by atoms with Gasteiger partial charge in [0.15, 0.2) is 5.13 Å². The molecule has 2 aromatic rings. The van der Waals surface area contributed by atoms with Gasteiger partial charge in [-0.2, -0.15) is 0 Å². The lowest BCUT2D eigenvalue weighted by Crippen LogP contribution is -2.49. The lowest BCUT2D eigenvalue weighted by atomic mass is 10.0. The van der Waals surface area contributed by atoms with Crippen LogP contribution in [0.3, 0.4) is 0 Å². The molecule has 0 bridgehead atoms. The minimum absolute atomic E-state index is 0.0475. The van der Waals surface area contributed by atoms with Crippen LogP contribution in [0.1, 0.15) is 36.3 Å². The van der Waals surface area contributed by atoms with E-state index in [4.69, 9.17) is 0 Å². The van der Waals surface area contributed by atoms with Gasteiger partial charge in [-0.25, -0.2) is 19.7 Å². The van der Waals surface area contributed by atoms with E-state index < -0.39 is 0 Å². The summed E-state index contributed by atoms with van der Waals surface area (Å²) in [7, 11) is 0. The van der Waals surface area contributed by atoms with E-state index >= 15 is 0 Å². The van der Waals surface area contributed by atoms with Gasteiger partial charge in [-0.15, -0.1) is 11.3 Å². The molecule has 0 aromatic carbocycles. The monoisotopic (exact) mass is 372 g/mol. The van der Waals surface area contributed by atoms with Gasteiger partial charge in [-0.3, -0.25) is 5.32 Å². The van der Waals surface area contributed by atoms with Crippen LogP contribution in [-0.4, -0.2) is 51.1 Å². The van der Waals surface area contributed by atoms with Crippen molar-refractivity contribution in [3.8, 4) is 0 Å². The molecule has 0 unspecified atom stereocenters. The van der Waals surface area contributed by atoms with Crippen molar-refractivity contribution in [2.45, 2.75) is 51.6 Å². The number of amides is 2. The van der Waals surface area contributed by atoms with Crippen molar-refractivity contribution >= 4 is 28.3 Å². The fourth-order valence-electron chi connectivity index (χ4n) is 3.54. The van der Waals surface area contributed by atoms with E-state index in [9.17, 15) is 4.79 Å². The van der Waals surface area contributed by atoms with E-state index in [-0.39, 0.29) is 6.03 Å². The largest absolute Gasteiger partial charge is 0.350 e. The first-order chi connectivity index (χ1) is 12.6. The van der Waals surface area contributed by atoms with Crippen molar-refractivity contribution in [1.82, 2.24) is 19.9 Å². The molecular formula is C18H24N6OS. The summed E-state index contributed by atoms with van der Waals surface area (Å²) in [6, 6.07) is 3.05. The Kier molecular flexibility index (Phi) is 4.76. The number of rotatable bonds is 4. The minimum atomic E-state index is -0.0475. The van der Waals surface area contributed by atoms with Crippen molar-refractivity contribution in [3.63, 3.8) is 0 Å². The number of likely N-dealkylation sites (tertiary alicyclic amines) is 1. The zero-order valence-corrected chi connectivity index (χ0v) is 16.0. The van der Waals surface area contributed by atoms with E-state index in [1.54, 1.807) is 12.5 Å². The summed E-state index contributed by atoms with van der Waals surface area (Å²) in [6.45, 7) is 5.51. The maximum atomic E-state index is 12.5. The minimum Gasteiger partial charge on any atom is -0.350 e. The Bertz CT molecular complexity index is 781. The molecule has 2 fully saturated rings. The van der Waals surface area contributed by atoms with Gasteiger partial charge >= 0.3 is 6.03 Å². The van der Waals surface area contributed by atoms with Gasteiger partial charge in [0, 0.05) is 48.0 Å². The molecule has 0 spiro atoms. The Labute approximate surface area is 157 Å². The van der Waals surface area contributed by atoms with Crippen LogP contribution in [-0.2, 0) is 0 Å². The number of urea groups is 1. The molecule has 1 saturated heterocycles. The quantitative estimate of drug-likeness (QED) is 0.892. The second-order valence-corrected chi connectivity index (χ2v) is 8.32. The summed E-state index contributed by atoms with van der Waals surface area (Å²) in [5.74, 6) is 1.03. The first-order valence-electron chi connectivity index (χ1n) is 9.15. The van der Waals surface area contributed by atoms with E-state index in [1.807, 2.05) is 18.7 Å². The van der Waals surface area contributed by atoms with Crippen molar-refractivity contribution in [3.05, 3.63) is 29.2 Å². The van der Waals surface area contributed by atoms with Crippen LogP contribution in [0, 0.1) is 13.8 Å². The number of piperidine rings is 1. The van der Waals surface area contributed by atoms with Crippen LogP contribution < -0.4 is 10.2 Å².